The van der Waals surface area contributed by atoms with Crippen LogP contribution in [0.15, 0.2) is 48.7 Å². The number of fused-ring (bicyclic) bond motifs is 1. The van der Waals surface area contributed by atoms with Gasteiger partial charge in [-0.1, -0.05) is 12.1 Å². The maximum absolute atomic E-state index is 13.1. The van der Waals surface area contributed by atoms with Crippen molar-refractivity contribution in [1.82, 2.24) is 4.98 Å². The Morgan fingerprint density at radius 2 is 1.82 bits per heavy atom. The highest BCUT2D eigenvalue weighted by atomic mass is 19.4. The summed E-state index contributed by atoms with van der Waals surface area (Å²) in [6.45, 7) is -0.0429. The lowest BCUT2D eigenvalue weighted by Gasteiger charge is -2.13. The fourth-order valence-corrected chi connectivity index (χ4v) is 2.26. The number of aromatic nitrogens is 1. The van der Waals surface area contributed by atoms with Crippen LogP contribution >= 0.6 is 0 Å². The van der Waals surface area contributed by atoms with E-state index in [1.807, 2.05) is 0 Å². The summed E-state index contributed by atoms with van der Waals surface area (Å²) < 4.78 is 57.1. The molecule has 0 aliphatic rings. The molecule has 0 amide bonds. The summed E-state index contributed by atoms with van der Waals surface area (Å²) >= 11 is 0. The third-order valence-corrected chi connectivity index (χ3v) is 3.31. The molecule has 1 N–H and O–H groups in total. The van der Waals surface area contributed by atoms with E-state index in [4.69, 9.17) is 4.74 Å². The zero-order chi connectivity index (χ0) is 15.7. The lowest BCUT2D eigenvalue weighted by atomic mass is 10.1. The summed E-state index contributed by atoms with van der Waals surface area (Å²) in [5.41, 5.74) is 0.413. The number of rotatable bonds is 3. The number of hydrogen-bond acceptors (Lipinski definition) is 1. The molecule has 6 heteroatoms. The van der Waals surface area contributed by atoms with Crippen molar-refractivity contribution in [3.05, 3.63) is 65.6 Å². The van der Waals surface area contributed by atoms with Gasteiger partial charge in [-0.15, -0.1) is 0 Å². The number of aromatic amines is 1. The van der Waals surface area contributed by atoms with Crippen LogP contribution in [0.5, 0.6) is 5.75 Å². The Labute approximate surface area is 123 Å². The van der Waals surface area contributed by atoms with Crippen LogP contribution in [0.25, 0.3) is 10.9 Å². The Morgan fingerprint density at radius 1 is 1.05 bits per heavy atom. The Balaban J connectivity index is 1.86. The molecule has 0 saturated carbocycles. The molecule has 0 atom stereocenters. The Bertz CT molecular complexity index is 807. The number of H-pyrrole nitrogens is 1. The smallest absolute Gasteiger partial charge is 0.419 e. The van der Waals surface area contributed by atoms with E-state index in [9.17, 15) is 17.6 Å². The van der Waals surface area contributed by atoms with Crippen molar-refractivity contribution in [2.24, 2.45) is 0 Å². The molecule has 0 radical (unpaired) electrons. The highest BCUT2D eigenvalue weighted by molar-refractivity contribution is 5.83. The van der Waals surface area contributed by atoms with Crippen LogP contribution in [0.4, 0.5) is 17.6 Å². The molecule has 114 valence electrons. The third kappa shape index (κ3) is 2.77. The van der Waals surface area contributed by atoms with Gasteiger partial charge in [0.25, 0.3) is 0 Å². The van der Waals surface area contributed by atoms with Crippen molar-refractivity contribution in [1.29, 1.82) is 0 Å². The summed E-state index contributed by atoms with van der Waals surface area (Å²) in [4.78, 5) is 2.87. The lowest BCUT2D eigenvalue weighted by molar-refractivity contribution is -0.139. The van der Waals surface area contributed by atoms with E-state index in [1.165, 1.54) is 30.3 Å². The highest BCUT2D eigenvalue weighted by Gasteiger charge is 2.34. The van der Waals surface area contributed by atoms with Gasteiger partial charge in [-0.3, -0.25) is 0 Å². The van der Waals surface area contributed by atoms with E-state index in [0.29, 0.717) is 16.5 Å². The third-order valence-electron chi connectivity index (χ3n) is 3.31. The molecule has 3 aromatic rings. The SMILES string of the molecule is Fc1ccc2c(COc3ccccc3C(F)(F)F)c[nH]c2c1. The predicted octanol–water partition coefficient (Wildman–Crippen LogP) is 4.90. The second-order valence-corrected chi connectivity index (χ2v) is 4.79. The maximum Gasteiger partial charge on any atom is 0.419 e. The average Bonchev–Trinajstić information content (AvgIpc) is 2.86. The summed E-state index contributed by atoms with van der Waals surface area (Å²) in [6.07, 6.45) is -2.87. The van der Waals surface area contributed by atoms with E-state index >= 15 is 0 Å². The number of nitrogens with one attached hydrogen (secondary N) is 1. The number of benzene rings is 2. The number of alkyl halides is 3. The van der Waals surface area contributed by atoms with Gasteiger partial charge in [0, 0.05) is 22.7 Å². The minimum Gasteiger partial charge on any atom is -0.488 e. The minimum absolute atomic E-state index is 0.0429. The molecular formula is C16H11F4NO. The molecule has 2 aromatic carbocycles. The molecule has 0 saturated heterocycles. The molecule has 1 heterocycles. The summed E-state index contributed by atoms with van der Waals surface area (Å²) in [6, 6.07) is 9.22. The van der Waals surface area contributed by atoms with Gasteiger partial charge >= 0.3 is 6.18 Å². The molecule has 0 unspecified atom stereocenters. The standard InChI is InChI=1S/C16H11F4NO/c17-11-5-6-12-10(8-21-14(12)7-11)9-22-15-4-2-1-3-13(15)16(18,19)20/h1-8,21H,9H2. The van der Waals surface area contributed by atoms with E-state index in [2.05, 4.69) is 4.98 Å². The molecular weight excluding hydrogens is 298 g/mol. The van der Waals surface area contributed by atoms with Gasteiger partial charge < -0.3 is 9.72 Å². The minimum atomic E-state index is -4.47. The van der Waals surface area contributed by atoms with Gasteiger partial charge in [0.05, 0.1) is 5.56 Å². The van der Waals surface area contributed by atoms with Gasteiger partial charge in [0.1, 0.15) is 18.2 Å². The zero-order valence-electron chi connectivity index (χ0n) is 11.2. The first kappa shape index (κ1) is 14.4. The van der Waals surface area contributed by atoms with Crippen LogP contribution in [-0.4, -0.2) is 4.98 Å². The van der Waals surface area contributed by atoms with Crippen LogP contribution in [0.1, 0.15) is 11.1 Å². The van der Waals surface area contributed by atoms with Crippen LogP contribution in [0, 0.1) is 5.82 Å². The van der Waals surface area contributed by atoms with Gasteiger partial charge in [-0.05, 0) is 30.3 Å². The van der Waals surface area contributed by atoms with Gasteiger partial charge in [0.2, 0.25) is 0 Å². The number of ether oxygens (including phenoxy) is 1. The Morgan fingerprint density at radius 3 is 2.59 bits per heavy atom. The molecule has 0 aliphatic carbocycles. The molecule has 22 heavy (non-hydrogen) atoms. The predicted molar refractivity (Wildman–Crippen MR) is 74.0 cm³/mol. The summed E-state index contributed by atoms with van der Waals surface area (Å²) in [7, 11) is 0. The second-order valence-electron chi connectivity index (χ2n) is 4.79. The van der Waals surface area contributed by atoms with Crippen molar-refractivity contribution >= 4 is 10.9 Å². The quantitative estimate of drug-likeness (QED) is 0.684. The number of para-hydroxylation sites is 1. The summed E-state index contributed by atoms with van der Waals surface area (Å²) in [5, 5.41) is 0.714. The fraction of sp³-hybridized carbons (Fsp3) is 0.125. The van der Waals surface area contributed by atoms with Crippen LogP contribution in [0.2, 0.25) is 0 Å². The molecule has 0 spiro atoms. The van der Waals surface area contributed by atoms with Crippen LogP contribution in [-0.2, 0) is 12.8 Å². The first-order valence-corrected chi connectivity index (χ1v) is 6.50. The molecule has 0 aliphatic heterocycles. The van der Waals surface area contributed by atoms with Crippen molar-refractivity contribution in [3.8, 4) is 5.75 Å². The number of halogens is 4. The van der Waals surface area contributed by atoms with E-state index in [1.54, 1.807) is 12.3 Å². The average molecular weight is 309 g/mol. The first-order valence-electron chi connectivity index (χ1n) is 6.50. The van der Waals surface area contributed by atoms with Crippen molar-refractivity contribution in [2.45, 2.75) is 12.8 Å². The van der Waals surface area contributed by atoms with Gasteiger partial charge in [0.15, 0.2) is 0 Å². The van der Waals surface area contributed by atoms with Gasteiger partial charge in [-0.25, -0.2) is 4.39 Å². The zero-order valence-corrected chi connectivity index (χ0v) is 11.2. The second kappa shape index (κ2) is 5.36. The van der Waals surface area contributed by atoms with Crippen molar-refractivity contribution < 1.29 is 22.3 Å². The van der Waals surface area contributed by atoms with E-state index in [-0.39, 0.29) is 18.2 Å². The van der Waals surface area contributed by atoms with E-state index in [0.717, 1.165) is 6.07 Å². The largest absolute Gasteiger partial charge is 0.488 e. The Kier molecular flexibility index (Phi) is 3.52. The van der Waals surface area contributed by atoms with Crippen LogP contribution in [0.3, 0.4) is 0 Å². The van der Waals surface area contributed by atoms with E-state index < -0.39 is 11.7 Å². The van der Waals surface area contributed by atoms with Crippen LogP contribution < -0.4 is 4.74 Å². The topological polar surface area (TPSA) is 25.0 Å². The fourth-order valence-electron chi connectivity index (χ4n) is 2.26. The van der Waals surface area contributed by atoms with Crippen molar-refractivity contribution in [2.75, 3.05) is 0 Å². The molecule has 3 rings (SSSR count). The monoisotopic (exact) mass is 309 g/mol. The maximum atomic E-state index is 13.1. The normalized spacial score (nSPS) is 11.8. The highest BCUT2D eigenvalue weighted by Crippen LogP contribution is 2.36. The molecule has 0 bridgehead atoms. The Hall–Kier alpha value is -2.50. The molecule has 0 fully saturated rings. The molecule has 2 nitrogen and oxygen atoms in total. The molecule has 1 aromatic heterocycles. The summed E-state index contributed by atoms with van der Waals surface area (Å²) in [5.74, 6) is -0.615. The van der Waals surface area contributed by atoms with Crippen molar-refractivity contribution in [3.63, 3.8) is 0 Å². The lowest BCUT2D eigenvalue weighted by Crippen LogP contribution is -2.08. The first-order chi connectivity index (χ1) is 10.4. The number of hydrogen-bond donors (Lipinski definition) is 1. The van der Waals surface area contributed by atoms with Gasteiger partial charge in [-0.2, -0.15) is 13.2 Å².